The Kier molecular flexibility index (Phi) is 4.18. The molecular weight excluding hydrogens is 282 g/mol. The summed E-state index contributed by atoms with van der Waals surface area (Å²) in [4.78, 5) is 0. The molecule has 4 N–H and O–H groups in total. The van der Waals surface area contributed by atoms with Crippen LogP contribution in [0.2, 0.25) is 0 Å². The standard InChI is InChI=1S/C17H19NO4/c18-9-16-13-6-7-15(19)17(20)14(13)8-12(22-16)10-21-11-4-2-1-3-5-11/h1-7,12,16,19-20H,8-10,18H2/t12-,16-/m0/s1. The van der Waals surface area contributed by atoms with Crippen LogP contribution in [0.4, 0.5) is 0 Å². The molecule has 0 radical (unpaired) electrons. The number of fused-ring (bicyclic) bond motifs is 1. The molecule has 0 aliphatic carbocycles. The lowest BCUT2D eigenvalue weighted by atomic mass is 9.93. The highest BCUT2D eigenvalue weighted by atomic mass is 16.5. The first-order valence-corrected chi connectivity index (χ1v) is 7.26. The molecule has 0 spiro atoms. The van der Waals surface area contributed by atoms with Crippen LogP contribution in [0.25, 0.3) is 0 Å². The minimum absolute atomic E-state index is 0.0936. The maximum atomic E-state index is 10.1. The molecule has 0 amide bonds. The molecule has 2 aromatic carbocycles. The predicted molar refractivity (Wildman–Crippen MR) is 82.1 cm³/mol. The van der Waals surface area contributed by atoms with E-state index in [4.69, 9.17) is 15.2 Å². The van der Waals surface area contributed by atoms with E-state index in [0.29, 0.717) is 25.1 Å². The van der Waals surface area contributed by atoms with Crippen molar-refractivity contribution in [1.29, 1.82) is 0 Å². The Morgan fingerprint density at radius 1 is 1.14 bits per heavy atom. The number of phenols is 2. The maximum Gasteiger partial charge on any atom is 0.161 e. The average Bonchev–Trinajstić information content (AvgIpc) is 2.57. The van der Waals surface area contributed by atoms with Gasteiger partial charge in [0.15, 0.2) is 11.5 Å². The minimum Gasteiger partial charge on any atom is -0.504 e. The normalized spacial score (nSPS) is 20.4. The smallest absolute Gasteiger partial charge is 0.161 e. The van der Waals surface area contributed by atoms with Gasteiger partial charge in [-0.1, -0.05) is 24.3 Å². The van der Waals surface area contributed by atoms with E-state index in [0.717, 1.165) is 11.3 Å². The van der Waals surface area contributed by atoms with Crippen LogP contribution in [0, 0.1) is 0 Å². The number of ether oxygens (including phenoxy) is 2. The third kappa shape index (κ3) is 2.86. The van der Waals surface area contributed by atoms with Gasteiger partial charge in [0, 0.05) is 18.5 Å². The van der Waals surface area contributed by atoms with Crippen molar-refractivity contribution in [1.82, 2.24) is 0 Å². The zero-order chi connectivity index (χ0) is 15.5. The molecule has 0 aromatic heterocycles. The van der Waals surface area contributed by atoms with Gasteiger partial charge in [-0.25, -0.2) is 0 Å². The first kappa shape index (κ1) is 14.7. The zero-order valence-electron chi connectivity index (χ0n) is 12.1. The summed E-state index contributed by atoms with van der Waals surface area (Å²) in [6.45, 7) is 0.661. The van der Waals surface area contributed by atoms with Crippen LogP contribution in [-0.4, -0.2) is 29.5 Å². The molecule has 2 aromatic rings. The van der Waals surface area contributed by atoms with Crippen molar-refractivity contribution in [3.05, 3.63) is 53.6 Å². The van der Waals surface area contributed by atoms with Crippen LogP contribution >= 0.6 is 0 Å². The Balaban J connectivity index is 1.77. The van der Waals surface area contributed by atoms with E-state index in [-0.39, 0.29) is 23.7 Å². The number of aromatic hydroxyl groups is 2. The lowest BCUT2D eigenvalue weighted by molar-refractivity contribution is -0.0422. The second-order valence-corrected chi connectivity index (χ2v) is 5.31. The molecule has 0 saturated heterocycles. The van der Waals surface area contributed by atoms with Gasteiger partial charge in [0.25, 0.3) is 0 Å². The average molecular weight is 301 g/mol. The minimum atomic E-state index is -0.306. The van der Waals surface area contributed by atoms with Gasteiger partial charge in [0.05, 0.1) is 12.2 Å². The Hall–Kier alpha value is -2.24. The third-order valence-corrected chi connectivity index (χ3v) is 3.83. The van der Waals surface area contributed by atoms with E-state index in [1.165, 1.54) is 6.07 Å². The highest BCUT2D eigenvalue weighted by molar-refractivity contribution is 5.51. The number of phenolic OH excluding ortho intramolecular Hbond substituents is 2. The predicted octanol–water partition coefficient (Wildman–Crippen LogP) is 2.12. The third-order valence-electron chi connectivity index (χ3n) is 3.83. The molecule has 1 heterocycles. The quantitative estimate of drug-likeness (QED) is 0.753. The van der Waals surface area contributed by atoms with Gasteiger partial charge in [-0.05, 0) is 23.8 Å². The van der Waals surface area contributed by atoms with Crippen molar-refractivity contribution in [3.63, 3.8) is 0 Å². The SMILES string of the molecule is NC[C@@H]1O[C@H](COc2ccccc2)Cc2c1ccc(O)c2O. The molecule has 116 valence electrons. The van der Waals surface area contributed by atoms with Crippen LogP contribution in [-0.2, 0) is 11.2 Å². The summed E-state index contributed by atoms with van der Waals surface area (Å²) >= 11 is 0. The summed E-state index contributed by atoms with van der Waals surface area (Å²) in [5.41, 5.74) is 7.28. The van der Waals surface area contributed by atoms with Crippen LogP contribution in [0.5, 0.6) is 17.2 Å². The fourth-order valence-electron chi connectivity index (χ4n) is 2.72. The summed E-state index contributed by atoms with van der Waals surface area (Å²) in [6.07, 6.45) is -0.0626. The van der Waals surface area contributed by atoms with E-state index in [2.05, 4.69) is 0 Å². The maximum absolute atomic E-state index is 10.1. The van der Waals surface area contributed by atoms with Gasteiger partial charge in [-0.2, -0.15) is 0 Å². The molecule has 0 fully saturated rings. The van der Waals surface area contributed by atoms with E-state index in [1.54, 1.807) is 6.07 Å². The van der Waals surface area contributed by atoms with E-state index in [1.807, 2.05) is 30.3 Å². The van der Waals surface area contributed by atoms with Crippen molar-refractivity contribution in [3.8, 4) is 17.2 Å². The Labute approximate surface area is 128 Å². The summed E-state index contributed by atoms with van der Waals surface area (Å²) < 4.78 is 11.6. The van der Waals surface area contributed by atoms with Crippen molar-refractivity contribution in [2.45, 2.75) is 18.6 Å². The number of rotatable bonds is 4. The molecule has 5 heteroatoms. The van der Waals surface area contributed by atoms with E-state index >= 15 is 0 Å². The van der Waals surface area contributed by atoms with E-state index < -0.39 is 0 Å². The second kappa shape index (κ2) is 6.25. The monoisotopic (exact) mass is 301 g/mol. The number of nitrogens with two attached hydrogens (primary N) is 1. The van der Waals surface area contributed by atoms with Crippen molar-refractivity contribution < 1.29 is 19.7 Å². The van der Waals surface area contributed by atoms with Crippen LogP contribution in [0.3, 0.4) is 0 Å². The van der Waals surface area contributed by atoms with Gasteiger partial charge in [0.2, 0.25) is 0 Å². The van der Waals surface area contributed by atoms with Gasteiger partial charge in [0.1, 0.15) is 12.4 Å². The van der Waals surface area contributed by atoms with E-state index in [9.17, 15) is 10.2 Å². The fraction of sp³-hybridized carbons (Fsp3) is 0.294. The number of hydrogen-bond acceptors (Lipinski definition) is 5. The molecule has 0 bridgehead atoms. The summed E-state index contributed by atoms with van der Waals surface area (Å²) in [7, 11) is 0. The first-order chi connectivity index (χ1) is 10.7. The van der Waals surface area contributed by atoms with Crippen molar-refractivity contribution >= 4 is 0 Å². The Morgan fingerprint density at radius 3 is 2.64 bits per heavy atom. The number of benzene rings is 2. The summed E-state index contributed by atoms with van der Waals surface area (Å²) in [5.74, 6) is 0.546. The zero-order valence-corrected chi connectivity index (χ0v) is 12.1. The molecular formula is C17H19NO4. The van der Waals surface area contributed by atoms with Gasteiger partial charge < -0.3 is 25.4 Å². The molecule has 2 atom stereocenters. The van der Waals surface area contributed by atoms with Crippen molar-refractivity contribution in [2.75, 3.05) is 13.2 Å². The highest BCUT2D eigenvalue weighted by Crippen LogP contribution is 2.39. The Morgan fingerprint density at radius 2 is 1.91 bits per heavy atom. The fourth-order valence-corrected chi connectivity index (χ4v) is 2.72. The number of para-hydroxylation sites is 1. The molecule has 5 nitrogen and oxygen atoms in total. The molecule has 0 unspecified atom stereocenters. The Bertz CT molecular complexity index is 645. The number of hydrogen-bond donors (Lipinski definition) is 3. The van der Waals surface area contributed by atoms with Crippen LogP contribution in [0.1, 0.15) is 17.2 Å². The molecule has 1 aliphatic rings. The molecule has 22 heavy (non-hydrogen) atoms. The first-order valence-electron chi connectivity index (χ1n) is 7.26. The topological polar surface area (TPSA) is 84.9 Å². The highest BCUT2D eigenvalue weighted by Gasteiger charge is 2.30. The largest absolute Gasteiger partial charge is 0.504 e. The van der Waals surface area contributed by atoms with Gasteiger partial charge in [-0.15, -0.1) is 0 Å². The van der Waals surface area contributed by atoms with Gasteiger partial charge >= 0.3 is 0 Å². The molecule has 0 saturated carbocycles. The molecule has 3 rings (SSSR count). The summed E-state index contributed by atoms with van der Waals surface area (Å²) in [6, 6.07) is 12.7. The lowest BCUT2D eigenvalue weighted by Crippen LogP contribution is -2.34. The lowest BCUT2D eigenvalue weighted by Gasteiger charge is -2.32. The molecule has 1 aliphatic heterocycles. The van der Waals surface area contributed by atoms with Crippen LogP contribution in [0.15, 0.2) is 42.5 Å². The second-order valence-electron chi connectivity index (χ2n) is 5.31. The van der Waals surface area contributed by atoms with Crippen LogP contribution < -0.4 is 10.5 Å². The van der Waals surface area contributed by atoms with Gasteiger partial charge in [-0.3, -0.25) is 0 Å². The summed E-state index contributed by atoms with van der Waals surface area (Å²) in [5, 5.41) is 19.7. The van der Waals surface area contributed by atoms with Crippen molar-refractivity contribution in [2.24, 2.45) is 5.73 Å².